The number of nitrogens with two attached hydrogens (primary N) is 1. The molecule has 2 rings (SSSR count). The zero-order valence-corrected chi connectivity index (χ0v) is 10.8. The van der Waals surface area contributed by atoms with Gasteiger partial charge in [0, 0.05) is 32.1 Å². The molecule has 4 nitrogen and oxygen atoms in total. The van der Waals surface area contributed by atoms with Crippen LogP contribution in [0.15, 0.2) is 24.3 Å². The number of amides is 2. The summed E-state index contributed by atoms with van der Waals surface area (Å²) >= 11 is 0. The second-order valence-electron chi connectivity index (χ2n) is 4.70. The van der Waals surface area contributed by atoms with Gasteiger partial charge in [-0.1, -0.05) is 18.2 Å². The minimum atomic E-state index is -4.39. The van der Waals surface area contributed by atoms with Crippen LogP contribution in [0.5, 0.6) is 0 Å². The van der Waals surface area contributed by atoms with Gasteiger partial charge < -0.3 is 16.0 Å². The topological polar surface area (TPSA) is 58.4 Å². The van der Waals surface area contributed by atoms with Crippen LogP contribution in [0.3, 0.4) is 0 Å². The molecule has 1 fully saturated rings. The van der Waals surface area contributed by atoms with Gasteiger partial charge in [0.1, 0.15) is 0 Å². The molecule has 1 aromatic rings. The van der Waals surface area contributed by atoms with E-state index < -0.39 is 17.7 Å². The van der Waals surface area contributed by atoms with Crippen LogP contribution in [0.4, 0.5) is 18.0 Å². The molecular formula is C13H16F3N3O. The maximum absolute atomic E-state index is 13.0. The summed E-state index contributed by atoms with van der Waals surface area (Å²) in [7, 11) is 0. The van der Waals surface area contributed by atoms with Gasteiger partial charge in [0.15, 0.2) is 0 Å². The van der Waals surface area contributed by atoms with Crippen LogP contribution in [-0.2, 0) is 6.18 Å². The van der Waals surface area contributed by atoms with Crippen molar-refractivity contribution in [3.63, 3.8) is 0 Å². The zero-order valence-electron chi connectivity index (χ0n) is 10.8. The third kappa shape index (κ3) is 3.04. The Bertz CT molecular complexity index is 490. The summed E-state index contributed by atoms with van der Waals surface area (Å²) in [6, 6.07) is 5.20. The number of nitrogens with zero attached hydrogens (tertiary/aromatic N) is 1. The molecule has 1 aliphatic heterocycles. The lowest BCUT2D eigenvalue weighted by Gasteiger charge is -2.34. The van der Waals surface area contributed by atoms with Crippen LogP contribution in [0.2, 0.25) is 0 Å². The Morgan fingerprint density at radius 2 is 2.05 bits per heavy atom. The van der Waals surface area contributed by atoms with Gasteiger partial charge in [-0.2, -0.15) is 13.2 Å². The summed E-state index contributed by atoms with van der Waals surface area (Å²) in [6.07, 6.45) is -4.39. The SMILES string of the molecule is NCCN1CC(c2ccccc2C(F)(F)F)CNC1=O. The first-order valence-electron chi connectivity index (χ1n) is 6.32. The normalized spacial score (nSPS) is 19.9. The lowest BCUT2D eigenvalue weighted by Crippen LogP contribution is -2.51. The third-order valence-corrected chi connectivity index (χ3v) is 3.33. The van der Waals surface area contributed by atoms with Gasteiger partial charge in [-0.15, -0.1) is 0 Å². The Labute approximate surface area is 114 Å². The first kappa shape index (κ1) is 14.6. The lowest BCUT2D eigenvalue weighted by molar-refractivity contribution is -0.138. The van der Waals surface area contributed by atoms with Crippen molar-refractivity contribution in [3.05, 3.63) is 35.4 Å². The summed E-state index contributed by atoms with van der Waals surface area (Å²) in [5.41, 5.74) is 4.97. The van der Waals surface area contributed by atoms with Gasteiger partial charge in [0.2, 0.25) is 0 Å². The molecule has 1 atom stereocenters. The predicted octanol–water partition coefficient (Wildman–Crippen LogP) is 1.77. The Morgan fingerprint density at radius 3 is 2.70 bits per heavy atom. The van der Waals surface area contributed by atoms with Crippen molar-refractivity contribution >= 4 is 6.03 Å². The zero-order chi connectivity index (χ0) is 14.8. The number of benzene rings is 1. The predicted molar refractivity (Wildman–Crippen MR) is 68.2 cm³/mol. The highest BCUT2D eigenvalue weighted by Gasteiger charge is 2.36. The number of hydrogen-bond acceptors (Lipinski definition) is 2. The number of rotatable bonds is 3. The number of carbonyl (C=O) groups excluding carboxylic acids is 1. The molecule has 2 amide bonds. The van der Waals surface area contributed by atoms with E-state index in [4.69, 9.17) is 5.73 Å². The number of urea groups is 1. The van der Waals surface area contributed by atoms with Crippen molar-refractivity contribution in [1.82, 2.24) is 10.2 Å². The van der Waals surface area contributed by atoms with Gasteiger partial charge in [-0.05, 0) is 11.6 Å². The molecule has 1 unspecified atom stereocenters. The van der Waals surface area contributed by atoms with Gasteiger partial charge in [0.25, 0.3) is 0 Å². The number of carbonyl (C=O) groups is 1. The Hall–Kier alpha value is -1.76. The average molecular weight is 287 g/mol. The maximum atomic E-state index is 13.0. The molecule has 1 heterocycles. The second kappa shape index (κ2) is 5.70. The van der Waals surface area contributed by atoms with E-state index in [1.165, 1.54) is 17.0 Å². The minimum Gasteiger partial charge on any atom is -0.337 e. The fourth-order valence-electron chi connectivity index (χ4n) is 2.40. The molecule has 0 spiro atoms. The Morgan fingerprint density at radius 1 is 1.35 bits per heavy atom. The molecule has 0 aromatic heterocycles. The summed E-state index contributed by atoms with van der Waals surface area (Å²) in [5, 5.41) is 2.61. The molecule has 110 valence electrons. The fraction of sp³-hybridized carbons (Fsp3) is 0.462. The van der Waals surface area contributed by atoms with Crippen molar-refractivity contribution in [2.45, 2.75) is 12.1 Å². The number of halogens is 3. The van der Waals surface area contributed by atoms with Gasteiger partial charge >= 0.3 is 12.2 Å². The average Bonchev–Trinajstić information content (AvgIpc) is 2.41. The third-order valence-electron chi connectivity index (χ3n) is 3.33. The summed E-state index contributed by atoms with van der Waals surface area (Å²) in [4.78, 5) is 13.0. The first-order chi connectivity index (χ1) is 9.43. The Balaban J connectivity index is 2.26. The van der Waals surface area contributed by atoms with E-state index in [0.29, 0.717) is 6.54 Å². The van der Waals surface area contributed by atoms with Crippen molar-refractivity contribution < 1.29 is 18.0 Å². The highest BCUT2D eigenvalue weighted by Crippen LogP contribution is 2.35. The van der Waals surface area contributed by atoms with Crippen LogP contribution in [-0.4, -0.2) is 37.1 Å². The van der Waals surface area contributed by atoms with Crippen molar-refractivity contribution in [3.8, 4) is 0 Å². The highest BCUT2D eigenvalue weighted by atomic mass is 19.4. The van der Waals surface area contributed by atoms with Crippen LogP contribution >= 0.6 is 0 Å². The van der Waals surface area contributed by atoms with E-state index >= 15 is 0 Å². The fourth-order valence-corrected chi connectivity index (χ4v) is 2.40. The Kier molecular flexibility index (Phi) is 4.17. The quantitative estimate of drug-likeness (QED) is 0.890. The van der Waals surface area contributed by atoms with E-state index in [0.717, 1.165) is 6.07 Å². The van der Waals surface area contributed by atoms with E-state index in [-0.39, 0.29) is 31.2 Å². The van der Waals surface area contributed by atoms with Gasteiger partial charge in [-0.25, -0.2) is 4.79 Å². The van der Waals surface area contributed by atoms with E-state index in [2.05, 4.69) is 5.32 Å². The van der Waals surface area contributed by atoms with Crippen LogP contribution < -0.4 is 11.1 Å². The van der Waals surface area contributed by atoms with Crippen LogP contribution in [0, 0.1) is 0 Å². The molecule has 0 bridgehead atoms. The van der Waals surface area contributed by atoms with Crippen molar-refractivity contribution in [1.29, 1.82) is 0 Å². The van der Waals surface area contributed by atoms with E-state index in [1.54, 1.807) is 6.07 Å². The second-order valence-corrected chi connectivity index (χ2v) is 4.70. The molecule has 1 saturated heterocycles. The van der Waals surface area contributed by atoms with E-state index in [1.807, 2.05) is 0 Å². The highest BCUT2D eigenvalue weighted by molar-refractivity contribution is 5.75. The molecule has 0 aliphatic carbocycles. The van der Waals surface area contributed by atoms with Crippen molar-refractivity contribution in [2.24, 2.45) is 5.73 Å². The standard InChI is InChI=1S/C13H16F3N3O/c14-13(15,16)11-4-2-1-3-10(11)9-7-18-12(20)19(8-9)6-5-17/h1-4,9H,5-8,17H2,(H,18,20). The maximum Gasteiger partial charge on any atom is 0.416 e. The molecule has 3 N–H and O–H groups in total. The molecule has 0 radical (unpaired) electrons. The first-order valence-corrected chi connectivity index (χ1v) is 6.32. The number of alkyl halides is 3. The summed E-state index contributed by atoms with van der Waals surface area (Å²) in [5.74, 6) is -0.392. The molecule has 20 heavy (non-hydrogen) atoms. The molecule has 1 aliphatic rings. The monoisotopic (exact) mass is 287 g/mol. The van der Waals surface area contributed by atoms with Gasteiger partial charge in [0.05, 0.1) is 5.56 Å². The molecule has 1 aromatic carbocycles. The number of hydrogen-bond donors (Lipinski definition) is 2. The van der Waals surface area contributed by atoms with Crippen LogP contribution in [0.25, 0.3) is 0 Å². The molecule has 0 saturated carbocycles. The molecule has 7 heteroatoms. The van der Waals surface area contributed by atoms with Crippen molar-refractivity contribution in [2.75, 3.05) is 26.2 Å². The van der Waals surface area contributed by atoms with E-state index in [9.17, 15) is 18.0 Å². The number of nitrogens with one attached hydrogen (secondary N) is 1. The molecular weight excluding hydrogens is 271 g/mol. The largest absolute Gasteiger partial charge is 0.416 e. The summed E-state index contributed by atoms with van der Waals surface area (Å²) < 4.78 is 39.0. The lowest BCUT2D eigenvalue weighted by atomic mass is 9.92. The minimum absolute atomic E-state index is 0.201. The van der Waals surface area contributed by atoms with Crippen LogP contribution in [0.1, 0.15) is 17.0 Å². The summed E-state index contributed by atoms with van der Waals surface area (Å²) in [6.45, 7) is 1.06. The smallest absolute Gasteiger partial charge is 0.337 e. The van der Waals surface area contributed by atoms with Gasteiger partial charge in [-0.3, -0.25) is 0 Å².